The predicted molar refractivity (Wildman–Crippen MR) is 119 cm³/mol. The lowest BCUT2D eigenvalue weighted by molar-refractivity contribution is -0.137. The van der Waals surface area contributed by atoms with Crippen molar-refractivity contribution in [3.63, 3.8) is 0 Å². The van der Waals surface area contributed by atoms with E-state index in [-0.39, 0.29) is 35.7 Å². The maximum absolute atomic E-state index is 15.1. The maximum atomic E-state index is 15.1. The normalized spacial score (nSPS) is 26.5. The van der Waals surface area contributed by atoms with Gasteiger partial charge in [-0.25, -0.2) is 9.37 Å². The van der Waals surface area contributed by atoms with Gasteiger partial charge in [-0.1, -0.05) is 0 Å². The molecule has 2 N–H and O–H groups in total. The van der Waals surface area contributed by atoms with Crippen LogP contribution in [0.3, 0.4) is 0 Å². The highest BCUT2D eigenvalue weighted by atomic mass is 19.4. The standard InChI is InChI=1S/C24H23F4N3O5/c25-15-7-12(31-3-5-33-6-4-31)1-2-13(15)21-14(24(26,27)28)8-16-17(30-21)9-20(29-16)36-19-11-35-22-18(32)10-34-23(19)22/h1-2,7-9,18-19,22-23,29,32H,3-6,10-11H2/t18-,19-,22-,23-/m1/s1. The molecule has 0 radical (unpaired) electrons. The largest absolute Gasteiger partial charge is 0.470 e. The van der Waals surface area contributed by atoms with E-state index < -0.39 is 47.7 Å². The molecule has 3 aromatic rings. The van der Waals surface area contributed by atoms with Crippen molar-refractivity contribution in [1.29, 1.82) is 0 Å². The minimum absolute atomic E-state index is 0.0919. The van der Waals surface area contributed by atoms with Crippen molar-refractivity contribution in [1.82, 2.24) is 9.97 Å². The Morgan fingerprint density at radius 2 is 1.83 bits per heavy atom. The SMILES string of the molecule is O[C@@H]1CO[C@H]2[C@@H]1OC[C@H]2Oc1cc2nc(-c3ccc(N4CCOCC4)cc3F)c(C(F)(F)F)cc2[nH]1. The number of benzene rings is 1. The zero-order valence-corrected chi connectivity index (χ0v) is 18.9. The van der Waals surface area contributed by atoms with Crippen LogP contribution in [-0.2, 0) is 20.4 Å². The third kappa shape index (κ3) is 4.17. The number of H-pyrrole nitrogens is 1. The number of rotatable bonds is 4. The second-order valence-corrected chi connectivity index (χ2v) is 9.03. The van der Waals surface area contributed by atoms with Crippen LogP contribution in [0.2, 0.25) is 0 Å². The number of aliphatic hydroxyl groups excluding tert-OH is 1. The summed E-state index contributed by atoms with van der Waals surface area (Å²) in [5.74, 6) is -0.625. The summed E-state index contributed by atoms with van der Waals surface area (Å²) in [6.45, 7) is 2.42. The van der Waals surface area contributed by atoms with E-state index in [2.05, 4.69) is 9.97 Å². The molecule has 0 bridgehead atoms. The van der Waals surface area contributed by atoms with Gasteiger partial charge in [0.1, 0.15) is 24.1 Å². The maximum Gasteiger partial charge on any atom is 0.418 e. The predicted octanol–water partition coefficient (Wildman–Crippen LogP) is 3.13. The fraction of sp³-hybridized carbons (Fsp3) is 0.458. The smallest absolute Gasteiger partial charge is 0.418 e. The Kier molecular flexibility index (Phi) is 5.78. The molecule has 0 spiro atoms. The van der Waals surface area contributed by atoms with Crippen molar-refractivity contribution in [2.24, 2.45) is 0 Å². The van der Waals surface area contributed by atoms with E-state index in [1.54, 1.807) is 6.07 Å². The highest BCUT2D eigenvalue weighted by Gasteiger charge is 2.48. The number of aromatic nitrogens is 2. The topological polar surface area (TPSA) is 89.1 Å². The van der Waals surface area contributed by atoms with Crippen LogP contribution in [0.1, 0.15) is 5.56 Å². The number of aromatic amines is 1. The van der Waals surface area contributed by atoms with E-state index in [1.807, 2.05) is 4.90 Å². The van der Waals surface area contributed by atoms with E-state index in [9.17, 15) is 18.3 Å². The van der Waals surface area contributed by atoms with Crippen LogP contribution in [0.5, 0.6) is 5.88 Å². The van der Waals surface area contributed by atoms with Crippen LogP contribution in [0.15, 0.2) is 30.3 Å². The molecule has 0 saturated carbocycles. The molecule has 3 aliphatic heterocycles. The second kappa shape index (κ2) is 8.87. The zero-order valence-electron chi connectivity index (χ0n) is 18.9. The number of halogens is 4. The van der Waals surface area contributed by atoms with Gasteiger partial charge in [-0.3, -0.25) is 0 Å². The molecule has 4 atom stereocenters. The van der Waals surface area contributed by atoms with E-state index in [4.69, 9.17) is 18.9 Å². The molecule has 3 saturated heterocycles. The molecular formula is C24H23F4N3O5. The molecule has 6 rings (SSSR count). The number of morpholine rings is 1. The molecule has 1 aromatic carbocycles. The van der Waals surface area contributed by atoms with Gasteiger partial charge in [0.2, 0.25) is 0 Å². The van der Waals surface area contributed by atoms with Crippen molar-refractivity contribution in [2.75, 3.05) is 44.4 Å². The van der Waals surface area contributed by atoms with Crippen LogP contribution in [0.25, 0.3) is 22.3 Å². The van der Waals surface area contributed by atoms with Crippen LogP contribution >= 0.6 is 0 Å². The van der Waals surface area contributed by atoms with Gasteiger partial charge < -0.3 is 33.9 Å². The number of hydrogen-bond donors (Lipinski definition) is 2. The van der Waals surface area contributed by atoms with Gasteiger partial charge in [-0.05, 0) is 24.3 Å². The van der Waals surface area contributed by atoms with E-state index in [1.165, 1.54) is 18.2 Å². The summed E-state index contributed by atoms with van der Waals surface area (Å²) < 4.78 is 79.4. The third-order valence-corrected chi connectivity index (χ3v) is 6.73. The Hall–Kier alpha value is -2.93. The van der Waals surface area contributed by atoms with Crippen LogP contribution in [0.4, 0.5) is 23.2 Å². The Morgan fingerprint density at radius 3 is 2.58 bits per heavy atom. The number of fused-ring (bicyclic) bond motifs is 2. The third-order valence-electron chi connectivity index (χ3n) is 6.73. The molecule has 3 aliphatic rings. The van der Waals surface area contributed by atoms with Gasteiger partial charge in [-0.2, -0.15) is 13.2 Å². The van der Waals surface area contributed by atoms with Crippen LogP contribution in [0, 0.1) is 5.82 Å². The summed E-state index contributed by atoms with van der Waals surface area (Å²) in [6, 6.07) is 6.51. The lowest BCUT2D eigenvalue weighted by atomic mass is 10.0. The summed E-state index contributed by atoms with van der Waals surface area (Å²) in [4.78, 5) is 8.90. The van der Waals surface area contributed by atoms with Gasteiger partial charge >= 0.3 is 6.18 Å². The Balaban J connectivity index is 1.34. The monoisotopic (exact) mass is 509 g/mol. The van der Waals surface area contributed by atoms with Crippen molar-refractivity contribution >= 4 is 16.7 Å². The molecular weight excluding hydrogens is 486 g/mol. The fourth-order valence-electron chi connectivity index (χ4n) is 4.94. The van der Waals surface area contributed by atoms with E-state index in [0.29, 0.717) is 32.0 Å². The Labute approximate surface area is 202 Å². The summed E-state index contributed by atoms with van der Waals surface area (Å²) in [7, 11) is 0. The molecule has 0 amide bonds. The summed E-state index contributed by atoms with van der Waals surface area (Å²) in [5, 5.41) is 9.89. The number of alkyl halides is 3. The summed E-state index contributed by atoms with van der Waals surface area (Å²) in [6.07, 6.45) is -7.07. The molecule has 5 heterocycles. The minimum Gasteiger partial charge on any atom is -0.470 e. The average molecular weight is 509 g/mol. The van der Waals surface area contributed by atoms with Crippen LogP contribution < -0.4 is 9.64 Å². The average Bonchev–Trinajstić information content (AvgIpc) is 3.54. The Morgan fingerprint density at radius 1 is 1.06 bits per heavy atom. The van der Waals surface area contributed by atoms with Gasteiger partial charge in [0.15, 0.2) is 12.0 Å². The molecule has 3 fully saturated rings. The quantitative estimate of drug-likeness (QED) is 0.523. The van der Waals surface area contributed by atoms with E-state index in [0.717, 1.165) is 6.07 Å². The first-order chi connectivity index (χ1) is 17.3. The highest BCUT2D eigenvalue weighted by Crippen LogP contribution is 2.40. The first-order valence-corrected chi connectivity index (χ1v) is 11.6. The number of hydrogen-bond acceptors (Lipinski definition) is 7. The number of ether oxygens (including phenoxy) is 4. The van der Waals surface area contributed by atoms with Crippen LogP contribution in [-0.4, -0.2) is 79.0 Å². The molecule has 36 heavy (non-hydrogen) atoms. The first-order valence-electron chi connectivity index (χ1n) is 11.6. The lowest BCUT2D eigenvalue weighted by Gasteiger charge is -2.29. The number of nitrogens with zero attached hydrogens (tertiary/aromatic N) is 2. The zero-order chi connectivity index (χ0) is 25.0. The summed E-state index contributed by atoms with van der Waals surface area (Å²) in [5.41, 5.74) is -0.957. The lowest BCUT2D eigenvalue weighted by Crippen LogP contribution is -2.36. The molecule has 8 nitrogen and oxygen atoms in total. The van der Waals surface area contributed by atoms with Crippen molar-refractivity contribution < 1.29 is 41.6 Å². The van der Waals surface area contributed by atoms with E-state index >= 15 is 4.39 Å². The first kappa shape index (κ1) is 23.5. The molecule has 2 aromatic heterocycles. The van der Waals surface area contributed by atoms with Crippen molar-refractivity contribution in [3.05, 3.63) is 41.7 Å². The number of aliphatic hydroxyl groups is 1. The molecule has 192 valence electrons. The summed E-state index contributed by atoms with van der Waals surface area (Å²) >= 11 is 0. The van der Waals surface area contributed by atoms with Gasteiger partial charge in [0.05, 0.1) is 48.7 Å². The minimum atomic E-state index is -4.77. The highest BCUT2D eigenvalue weighted by molar-refractivity contribution is 5.83. The number of pyridine rings is 1. The molecule has 12 heteroatoms. The fourth-order valence-corrected chi connectivity index (χ4v) is 4.94. The van der Waals surface area contributed by atoms with Crippen molar-refractivity contribution in [3.8, 4) is 17.1 Å². The Bertz CT molecular complexity index is 1280. The van der Waals surface area contributed by atoms with Gasteiger partial charge in [-0.15, -0.1) is 0 Å². The molecule has 0 unspecified atom stereocenters. The molecule has 0 aliphatic carbocycles. The van der Waals surface area contributed by atoms with Gasteiger partial charge in [0, 0.05) is 30.4 Å². The van der Waals surface area contributed by atoms with Crippen molar-refractivity contribution in [2.45, 2.75) is 30.6 Å². The number of nitrogens with one attached hydrogen (secondary N) is 1. The van der Waals surface area contributed by atoms with Gasteiger partial charge in [0.25, 0.3) is 0 Å². The second-order valence-electron chi connectivity index (χ2n) is 9.03. The number of anilines is 1.